The Hall–Kier alpha value is -1.79. The Morgan fingerprint density at radius 1 is 1.24 bits per heavy atom. The number of amides is 2. The molecule has 0 saturated carbocycles. The van der Waals surface area contributed by atoms with Crippen LogP contribution in [0.5, 0.6) is 5.75 Å². The molecule has 0 aliphatic heterocycles. The molecule has 0 aliphatic carbocycles. The van der Waals surface area contributed by atoms with Gasteiger partial charge in [0.15, 0.2) is 0 Å². The van der Waals surface area contributed by atoms with Crippen molar-refractivity contribution in [2.24, 2.45) is 11.7 Å². The van der Waals surface area contributed by atoms with Crippen molar-refractivity contribution in [3.63, 3.8) is 0 Å². The highest BCUT2D eigenvalue weighted by Crippen LogP contribution is 2.24. The van der Waals surface area contributed by atoms with Crippen LogP contribution in [0.4, 0.5) is 0 Å². The Bertz CT molecular complexity index is 582. The molecule has 25 heavy (non-hydrogen) atoms. The summed E-state index contributed by atoms with van der Waals surface area (Å²) in [5.74, 6) is 0.430. The number of carbonyl (C=O) groups excluding carboxylic acids is 2. The van der Waals surface area contributed by atoms with E-state index in [4.69, 9.17) is 10.5 Å². The van der Waals surface area contributed by atoms with Gasteiger partial charge in [0, 0.05) is 13.6 Å². The number of aryl methyl sites for hydroxylation is 2. The number of nitrogens with two attached hydrogens (primary N) is 1. The van der Waals surface area contributed by atoms with E-state index in [0.717, 1.165) is 22.4 Å². The molecule has 1 rings (SSSR count). The van der Waals surface area contributed by atoms with Crippen LogP contribution in [-0.4, -0.2) is 43.5 Å². The third-order valence-electron chi connectivity index (χ3n) is 4.00. The Morgan fingerprint density at radius 2 is 1.76 bits per heavy atom. The van der Waals surface area contributed by atoms with Crippen molar-refractivity contribution in [3.8, 4) is 5.75 Å². The average molecular weight is 372 g/mol. The minimum absolute atomic E-state index is 0. The van der Waals surface area contributed by atoms with Gasteiger partial charge in [-0.2, -0.15) is 0 Å². The Kier molecular flexibility index (Phi) is 9.52. The predicted molar refractivity (Wildman–Crippen MR) is 102 cm³/mol. The lowest BCUT2D eigenvalue weighted by Crippen LogP contribution is -2.47. The maximum atomic E-state index is 12.2. The number of hydrogen-bond donors (Lipinski definition) is 2. The van der Waals surface area contributed by atoms with Gasteiger partial charge in [0.05, 0.1) is 19.7 Å². The number of likely N-dealkylation sites (N-methyl/N-ethyl adjacent to an activating group) is 1. The molecule has 3 N–H and O–H groups in total. The fourth-order valence-electron chi connectivity index (χ4n) is 2.53. The zero-order chi connectivity index (χ0) is 18.4. The fourth-order valence-corrected chi connectivity index (χ4v) is 2.53. The second-order valence-corrected chi connectivity index (χ2v) is 6.50. The molecule has 0 saturated heterocycles. The van der Waals surface area contributed by atoms with E-state index in [0.29, 0.717) is 6.54 Å². The first-order valence-electron chi connectivity index (χ1n) is 8.08. The third-order valence-corrected chi connectivity index (χ3v) is 4.00. The van der Waals surface area contributed by atoms with Crippen LogP contribution in [0.1, 0.15) is 30.5 Å². The molecule has 2 amide bonds. The number of ether oxygens (including phenoxy) is 1. The van der Waals surface area contributed by atoms with Crippen LogP contribution in [-0.2, 0) is 16.1 Å². The normalized spacial score (nSPS) is 11.5. The maximum Gasteiger partial charge on any atom is 0.242 e. The second-order valence-electron chi connectivity index (χ2n) is 6.50. The first-order valence-corrected chi connectivity index (χ1v) is 8.08. The van der Waals surface area contributed by atoms with Gasteiger partial charge in [0.1, 0.15) is 5.75 Å². The Balaban J connectivity index is 0.00000576. The van der Waals surface area contributed by atoms with Gasteiger partial charge in [0.25, 0.3) is 0 Å². The van der Waals surface area contributed by atoms with E-state index in [1.54, 1.807) is 19.1 Å². The van der Waals surface area contributed by atoms with Crippen molar-refractivity contribution in [2.45, 2.75) is 40.3 Å². The number of nitrogens with one attached hydrogen (secondary N) is 1. The van der Waals surface area contributed by atoms with E-state index in [2.05, 4.69) is 5.32 Å². The standard InChI is InChI=1S/C18H29N3O3.ClH/c1-11(2)16(19)18(23)20-9-15(22)21(5)10-14-7-12(3)17(24-6)13(4)8-14;/h7-8,11,16H,9-10,19H2,1-6H3,(H,20,23);1H/t16-;/m0./s1. The zero-order valence-corrected chi connectivity index (χ0v) is 16.7. The third kappa shape index (κ3) is 6.55. The fraction of sp³-hybridized carbons (Fsp3) is 0.556. The summed E-state index contributed by atoms with van der Waals surface area (Å²) in [5, 5.41) is 2.60. The molecule has 0 aliphatic rings. The van der Waals surface area contributed by atoms with Gasteiger partial charge in [-0.15, -0.1) is 12.4 Å². The lowest BCUT2D eigenvalue weighted by Gasteiger charge is -2.20. The predicted octanol–water partition coefficient (Wildman–Crippen LogP) is 1.79. The summed E-state index contributed by atoms with van der Waals surface area (Å²) in [5.41, 5.74) is 8.84. The van der Waals surface area contributed by atoms with E-state index in [9.17, 15) is 9.59 Å². The molecule has 0 aromatic heterocycles. The van der Waals surface area contributed by atoms with Crippen LogP contribution in [0.25, 0.3) is 0 Å². The van der Waals surface area contributed by atoms with Gasteiger partial charge in [-0.25, -0.2) is 0 Å². The average Bonchev–Trinajstić information content (AvgIpc) is 2.50. The van der Waals surface area contributed by atoms with Crippen molar-refractivity contribution < 1.29 is 14.3 Å². The number of nitrogens with zero attached hydrogens (tertiary/aromatic N) is 1. The van der Waals surface area contributed by atoms with Gasteiger partial charge in [-0.3, -0.25) is 9.59 Å². The van der Waals surface area contributed by atoms with E-state index in [1.165, 1.54) is 0 Å². The first kappa shape index (κ1) is 23.2. The van der Waals surface area contributed by atoms with Crippen LogP contribution in [0, 0.1) is 19.8 Å². The van der Waals surface area contributed by atoms with E-state index < -0.39 is 6.04 Å². The minimum atomic E-state index is -0.602. The number of rotatable bonds is 7. The van der Waals surface area contributed by atoms with E-state index in [-0.39, 0.29) is 36.7 Å². The summed E-state index contributed by atoms with van der Waals surface area (Å²) in [6.45, 7) is 8.11. The van der Waals surface area contributed by atoms with Crippen LogP contribution >= 0.6 is 12.4 Å². The van der Waals surface area contributed by atoms with Crippen molar-refractivity contribution in [1.82, 2.24) is 10.2 Å². The molecule has 7 heteroatoms. The molecular weight excluding hydrogens is 342 g/mol. The van der Waals surface area contributed by atoms with Crippen LogP contribution < -0.4 is 15.8 Å². The number of benzene rings is 1. The number of halogens is 1. The quantitative estimate of drug-likeness (QED) is 0.765. The van der Waals surface area contributed by atoms with Gasteiger partial charge in [-0.1, -0.05) is 26.0 Å². The van der Waals surface area contributed by atoms with Crippen molar-refractivity contribution >= 4 is 24.2 Å². The SMILES string of the molecule is COc1c(C)cc(CN(C)C(=O)CNC(=O)[C@@H](N)C(C)C)cc1C.Cl. The van der Waals surface area contributed by atoms with Crippen molar-refractivity contribution in [3.05, 3.63) is 28.8 Å². The highest BCUT2D eigenvalue weighted by atomic mass is 35.5. The zero-order valence-electron chi connectivity index (χ0n) is 15.9. The summed E-state index contributed by atoms with van der Waals surface area (Å²) < 4.78 is 5.35. The molecule has 0 fully saturated rings. The lowest BCUT2D eigenvalue weighted by atomic mass is 10.0. The molecule has 0 unspecified atom stereocenters. The van der Waals surface area contributed by atoms with Gasteiger partial charge in [-0.05, 0) is 36.5 Å². The highest BCUT2D eigenvalue weighted by Gasteiger charge is 2.19. The largest absolute Gasteiger partial charge is 0.496 e. The highest BCUT2D eigenvalue weighted by molar-refractivity contribution is 5.87. The monoisotopic (exact) mass is 371 g/mol. The summed E-state index contributed by atoms with van der Waals surface area (Å²) in [6.07, 6.45) is 0. The molecule has 0 radical (unpaired) electrons. The topological polar surface area (TPSA) is 84.7 Å². The van der Waals surface area contributed by atoms with Crippen LogP contribution in [0.3, 0.4) is 0 Å². The summed E-state index contributed by atoms with van der Waals surface area (Å²) in [4.78, 5) is 25.6. The van der Waals surface area contributed by atoms with Gasteiger partial charge >= 0.3 is 0 Å². The van der Waals surface area contributed by atoms with Crippen LogP contribution in [0.2, 0.25) is 0 Å². The molecular formula is C18H30ClN3O3. The number of methoxy groups -OCH3 is 1. The van der Waals surface area contributed by atoms with Gasteiger partial charge in [0.2, 0.25) is 11.8 Å². The lowest BCUT2D eigenvalue weighted by molar-refractivity contribution is -0.132. The molecule has 0 heterocycles. The van der Waals surface area contributed by atoms with Crippen LogP contribution in [0.15, 0.2) is 12.1 Å². The molecule has 0 bridgehead atoms. The summed E-state index contributed by atoms with van der Waals surface area (Å²) >= 11 is 0. The smallest absolute Gasteiger partial charge is 0.242 e. The molecule has 0 spiro atoms. The van der Waals surface area contributed by atoms with Crippen molar-refractivity contribution in [1.29, 1.82) is 0 Å². The number of hydrogen-bond acceptors (Lipinski definition) is 4. The van der Waals surface area contributed by atoms with Gasteiger partial charge < -0.3 is 20.7 Å². The summed E-state index contributed by atoms with van der Waals surface area (Å²) in [7, 11) is 3.36. The first-order chi connectivity index (χ1) is 11.2. The summed E-state index contributed by atoms with van der Waals surface area (Å²) in [6, 6.07) is 3.40. The maximum absolute atomic E-state index is 12.2. The molecule has 1 aromatic carbocycles. The Labute approximate surface area is 156 Å². The Morgan fingerprint density at radius 3 is 2.20 bits per heavy atom. The molecule has 1 atom stereocenters. The number of carbonyl (C=O) groups is 2. The van der Waals surface area contributed by atoms with Crippen molar-refractivity contribution in [2.75, 3.05) is 20.7 Å². The molecule has 142 valence electrons. The van der Waals surface area contributed by atoms with E-state index >= 15 is 0 Å². The second kappa shape index (κ2) is 10.3. The minimum Gasteiger partial charge on any atom is -0.496 e. The van der Waals surface area contributed by atoms with E-state index in [1.807, 2.05) is 39.8 Å². The molecule has 1 aromatic rings. The molecule has 6 nitrogen and oxygen atoms in total.